The van der Waals surface area contributed by atoms with Crippen molar-refractivity contribution in [2.24, 2.45) is 0 Å². The van der Waals surface area contributed by atoms with Gasteiger partial charge in [-0.1, -0.05) is 29.3 Å². The van der Waals surface area contributed by atoms with Crippen molar-refractivity contribution in [3.8, 4) is 0 Å². The number of hydrogen-bond donors (Lipinski definition) is 1. The van der Waals surface area contributed by atoms with Gasteiger partial charge >= 0.3 is 0 Å². The van der Waals surface area contributed by atoms with E-state index in [0.29, 0.717) is 22.2 Å². The van der Waals surface area contributed by atoms with E-state index in [2.05, 4.69) is 4.98 Å². The molecule has 0 bridgehead atoms. The molecule has 1 aromatic carbocycles. The normalized spacial score (nSPS) is 17.7. The minimum absolute atomic E-state index is 0.0193. The number of rotatable bonds is 2. The van der Waals surface area contributed by atoms with Crippen LogP contribution in [-0.4, -0.2) is 22.3 Å². The molecule has 1 N–H and O–H groups in total. The highest BCUT2D eigenvalue weighted by molar-refractivity contribution is 6.42. The second-order valence-electron chi connectivity index (χ2n) is 5.27. The number of amides is 1. The van der Waals surface area contributed by atoms with Gasteiger partial charge in [0.2, 0.25) is 5.56 Å². The zero-order chi connectivity index (χ0) is 15.7. The highest BCUT2D eigenvalue weighted by Gasteiger charge is 2.30. The van der Waals surface area contributed by atoms with Gasteiger partial charge in [-0.05, 0) is 36.6 Å². The molecule has 1 amide bonds. The molecule has 0 aliphatic carbocycles. The summed E-state index contributed by atoms with van der Waals surface area (Å²) in [5.74, 6) is -0.0928. The first-order chi connectivity index (χ1) is 10.6. The van der Waals surface area contributed by atoms with Gasteiger partial charge < -0.3 is 9.88 Å². The fourth-order valence-corrected chi connectivity index (χ4v) is 3.09. The third-order valence-corrected chi connectivity index (χ3v) is 4.61. The average molecular weight is 337 g/mol. The number of carbonyl (C=O) groups is 1. The Kier molecular flexibility index (Phi) is 4.23. The van der Waals surface area contributed by atoms with E-state index < -0.39 is 0 Å². The number of pyridine rings is 1. The number of halogens is 2. The molecule has 4 nitrogen and oxygen atoms in total. The van der Waals surface area contributed by atoms with Crippen molar-refractivity contribution in [3.05, 3.63) is 68.1 Å². The summed E-state index contributed by atoms with van der Waals surface area (Å²) in [6.07, 6.45) is 3.27. The Morgan fingerprint density at radius 2 is 2.00 bits per heavy atom. The molecular weight excluding hydrogens is 323 g/mol. The Morgan fingerprint density at radius 3 is 2.68 bits per heavy atom. The van der Waals surface area contributed by atoms with Crippen LogP contribution >= 0.6 is 23.2 Å². The second-order valence-corrected chi connectivity index (χ2v) is 6.09. The summed E-state index contributed by atoms with van der Waals surface area (Å²) in [6, 6.07) is 8.35. The van der Waals surface area contributed by atoms with E-state index in [-0.39, 0.29) is 17.5 Å². The van der Waals surface area contributed by atoms with Crippen molar-refractivity contribution in [1.29, 1.82) is 0 Å². The van der Waals surface area contributed by atoms with Crippen molar-refractivity contribution >= 4 is 29.1 Å². The van der Waals surface area contributed by atoms with Crippen LogP contribution < -0.4 is 5.56 Å². The topological polar surface area (TPSA) is 53.2 Å². The summed E-state index contributed by atoms with van der Waals surface area (Å²) in [4.78, 5) is 28.1. The van der Waals surface area contributed by atoms with Crippen LogP contribution in [0, 0.1) is 0 Å². The molecule has 1 fully saturated rings. The van der Waals surface area contributed by atoms with Gasteiger partial charge in [-0.3, -0.25) is 9.59 Å². The zero-order valence-corrected chi connectivity index (χ0v) is 13.2. The van der Waals surface area contributed by atoms with E-state index in [0.717, 1.165) is 18.4 Å². The molecule has 0 saturated carbocycles. The third-order valence-electron chi connectivity index (χ3n) is 3.87. The van der Waals surface area contributed by atoms with E-state index in [4.69, 9.17) is 23.2 Å². The van der Waals surface area contributed by atoms with E-state index in [9.17, 15) is 9.59 Å². The summed E-state index contributed by atoms with van der Waals surface area (Å²) >= 11 is 12.0. The number of aromatic nitrogens is 1. The Labute approximate surface area is 137 Å². The molecule has 22 heavy (non-hydrogen) atoms. The number of nitrogens with zero attached hydrogens (tertiary/aromatic N) is 1. The Balaban J connectivity index is 1.89. The van der Waals surface area contributed by atoms with Crippen LogP contribution in [0.4, 0.5) is 0 Å². The number of nitrogens with one attached hydrogen (secondary N) is 1. The minimum Gasteiger partial charge on any atom is -0.332 e. The van der Waals surface area contributed by atoms with Gasteiger partial charge in [0.25, 0.3) is 5.91 Å². The summed E-state index contributed by atoms with van der Waals surface area (Å²) in [5, 5.41) is 0.990. The summed E-state index contributed by atoms with van der Waals surface area (Å²) in [5.41, 5.74) is 1.23. The number of aromatic amines is 1. The Morgan fingerprint density at radius 1 is 1.18 bits per heavy atom. The Hall–Kier alpha value is -1.78. The van der Waals surface area contributed by atoms with Gasteiger partial charge in [0.05, 0.1) is 21.7 Å². The monoisotopic (exact) mass is 336 g/mol. The highest BCUT2D eigenvalue weighted by atomic mass is 35.5. The molecule has 1 aromatic heterocycles. The first kappa shape index (κ1) is 15.1. The molecule has 0 radical (unpaired) electrons. The number of H-pyrrole nitrogens is 1. The van der Waals surface area contributed by atoms with Crippen molar-refractivity contribution in [1.82, 2.24) is 9.88 Å². The molecule has 1 atom stereocenters. The SMILES string of the molecule is O=C(c1ccc(=O)[nH]c1)N1CCCC1c1ccc(Cl)c(Cl)c1. The van der Waals surface area contributed by atoms with Crippen LogP contribution in [-0.2, 0) is 0 Å². The third kappa shape index (κ3) is 2.89. The summed E-state index contributed by atoms with van der Waals surface area (Å²) < 4.78 is 0. The zero-order valence-electron chi connectivity index (χ0n) is 11.7. The highest BCUT2D eigenvalue weighted by Crippen LogP contribution is 2.35. The van der Waals surface area contributed by atoms with Crippen molar-refractivity contribution in [3.63, 3.8) is 0 Å². The number of hydrogen-bond acceptors (Lipinski definition) is 2. The molecule has 1 aliphatic rings. The number of likely N-dealkylation sites (tertiary alicyclic amines) is 1. The van der Waals surface area contributed by atoms with Crippen molar-refractivity contribution in [2.75, 3.05) is 6.54 Å². The van der Waals surface area contributed by atoms with Crippen LogP contribution in [0.3, 0.4) is 0 Å². The fraction of sp³-hybridized carbons (Fsp3) is 0.250. The number of carbonyl (C=O) groups excluding carboxylic acids is 1. The molecule has 2 heterocycles. The van der Waals surface area contributed by atoms with Crippen LogP contribution in [0.15, 0.2) is 41.3 Å². The summed E-state index contributed by atoms with van der Waals surface area (Å²) in [7, 11) is 0. The van der Waals surface area contributed by atoms with E-state index >= 15 is 0 Å². The molecule has 3 rings (SSSR count). The maximum atomic E-state index is 12.6. The van der Waals surface area contributed by atoms with Gasteiger partial charge in [0.1, 0.15) is 0 Å². The lowest BCUT2D eigenvalue weighted by atomic mass is 10.0. The predicted octanol–water partition coefficient (Wildman–Crippen LogP) is 3.66. The molecular formula is C16H14Cl2N2O2. The first-order valence-electron chi connectivity index (χ1n) is 7.01. The lowest BCUT2D eigenvalue weighted by Crippen LogP contribution is -2.31. The molecule has 1 unspecified atom stereocenters. The van der Waals surface area contributed by atoms with Crippen LogP contribution in [0.25, 0.3) is 0 Å². The van der Waals surface area contributed by atoms with Gasteiger partial charge in [-0.2, -0.15) is 0 Å². The molecule has 0 spiro atoms. The minimum atomic E-state index is -0.223. The van der Waals surface area contributed by atoms with Gasteiger partial charge in [0, 0.05) is 18.8 Å². The largest absolute Gasteiger partial charge is 0.332 e. The molecule has 114 valence electrons. The molecule has 2 aromatic rings. The molecule has 6 heteroatoms. The standard InChI is InChI=1S/C16H14Cl2N2O2/c17-12-5-3-10(8-13(12)18)14-2-1-7-20(14)16(22)11-4-6-15(21)19-9-11/h3-6,8-9,14H,1-2,7H2,(H,19,21). The van der Waals surface area contributed by atoms with E-state index in [1.165, 1.54) is 12.3 Å². The van der Waals surface area contributed by atoms with Gasteiger partial charge in [-0.25, -0.2) is 0 Å². The van der Waals surface area contributed by atoms with Crippen molar-refractivity contribution < 1.29 is 4.79 Å². The molecule has 1 saturated heterocycles. The first-order valence-corrected chi connectivity index (χ1v) is 7.76. The summed E-state index contributed by atoms with van der Waals surface area (Å²) in [6.45, 7) is 0.683. The maximum Gasteiger partial charge on any atom is 0.255 e. The quantitative estimate of drug-likeness (QED) is 0.909. The second kappa shape index (κ2) is 6.15. The van der Waals surface area contributed by atoms with Gasteiger partial charge in [-0.15, -0.1) is 0 Å². The van der Waals surface area contributed by atoms with Crippen LogP contribution in [0.5, 0.6) is 0 Å². The molecule has 1 aliphatic heterocycles. The van der Waals surface area contributed by atoms with Gasteiger partial charge in [0.15, 0.2) is 0 Å². The number of benzene rings is 1. The van der Waals surface area contributed by atoms with E-state index in [1.54, 1.807) is 12.1 Å². The van der Waals surface area contributed by atoms with Crippen molar-refractivity contribution in [2.45, 2.75) is 18.9 Å². The van der Waals surface area contributed by atoms with Crippen LogP contribution in [0.2, 0.25) is 10.0 Å². The Bertz CT molecular complexity index is 752. The van der Waals surface area contributed by atoms with E-state index in [1.807, 2.05) is 17.0 Å². The maximum absolute atomic E-state index is 12.6. The lowest BCUT2D eigenvalue weighted by Gasteiger charge is -2.25. The smallest absolute Gasteiger partial charge is 0.255 e. The van der Waals surface area contributed by atoms with Crippen LogP contribution in [0.1, 0.15) is 34.8 Å². The predicted molar refractivity (Wildman–Crippen MR) is 86.5 cm³/mol. The fourth-order valence-electron chi connectivity index (χ4n) is 2.79. The average Bonchev–Trinajstić information content (AvgIpc) is 2.99. The lowest BCUT2D eigenvalue weighted by molar-refractivity contribution is 0.0735.